The van der Waals surface area contributed by atoms with Gasteiger partial charge in [0.15, 0.2) is 0 Å². The first-order chi connectivity index (χ1) is 6.70. The van der Waals surface area contributed by atoms with Gasteiger partial charge in [-0.1, -0.05) is 6.92 Å². The zero-order valence-electron chi connectivity index (χ0n) is 9.32. The maximum atomic E-state index is 4.62. The van der Waals surface area contributed by atoms with Crippen LogP contribution in [0.5, 0.6) is 0 Å². The Morgan fingerprint density at radius 1 is 1.50 bits per heavy atom. The third kappa shape index (κ3) is 1.69. The van der Waals surface area contributed by atoms with E-state index in [2.05, 4.69) is 41.6 Å². The molecule has 0 radical (unpaired) electrons. The maximum absolute atomic E-state index is 4.62. The van der Waals surface area contributed by atoms with Gasteiger partial charge in [-0.25, -0.2) is 0 Å². The fraction of sp³-hybridized carbons (Fsp3) is 0.727. The van der Waals surface area contributed by atoms with Gasteiger partial charge in [0.25, 0.3) is 0 Å². The third-order valence-electron chi connectivity index (χ3n) is 2.94. The molecule has 0 aliphatic carbocycles. The van der Waals surface area contributed by atoms with Crippen molar-refractivity contribution >= 4 is 0 Å². The van der Waals surface area contributed by atoms with Crippen LogP contribution >= 0.6 is 0 Å². The van der Waals surface area contributed by atoms with E-state index in [-0.39, 0.29) is 0 Å². The number of hydrogen-bond donors (Lipinski definition) is 0. The molecule has 1 aromatic heterocycles. The van der Waals surface area contributed by atoms with Crippen molar-refractivity contribution < 1.29 is 0 Å². The van der Waals surface area contributed by atoms with E-state index in [1.807, 2.05) is 0 Å². The van der Waals surface area contributed by atoms with Crippen molar-refractivity contribution in [3.63, 3.8) is 0 Å². The topological polar surface area (TPSA) is 21.1 Å². The third-order valence-corrected chi connectivity index (χ3v) is 2.94. The molecule has 1 aromatic rings. The minimum atomic E-state index is 0.482. The van der Waals surface area contributed by atoms with Crippen LogP contribution in [0.4, 0.5) is 0 Å². The van der Waals surface area contributed by atoms with Crippen LogP contribution in [0.1, 0.15) is 38.1 Å². The molecule has 0 spiro atoms. The Kier molecular flexibility index (Phi) is 2.59. The van der Waals surface area contributed by atoms with Crippen molar-refractivity contribution in [1.29, 1.82) is 0 Å². The van der Waals surface area contributed by atoms with Crippen molar-refractivity contribution in [3.8, 4) is 0 Å². The predicted molar refractivity (Wildman–Crippen MR) is 57.3 cm³/mol. The lowest BCUT2D eigenvalue weighted by atomic mass is 10.1. The predicted octanol–water partition coefficient (Wildman–Crippen LogP) is 1.84. The summed E-state index contributed by atoms with van der Waals surface area (Å²) >= 11 is 0. The number of nitrogens with zero attached hydrogens (tertiary/aromatic N) is 3. The van der Waals surface area contributed by atoms with Crippen molar-refractivity contribution in [2.45, 2.75) is 39.8 Å². The molecule has 2 rings (SSSR count). The molecule has 0 amide bonds. The number of rotatable bonds is 2. The lowest BCUT2D eigenvalue weighted by Crippen LogP contribution is -2.29. The van der Waals surface area contributed by atoms with E-state index in [0.29, 0.717) is 6.04 Å². The molecule has 14 heavy (non-hydrogen) atoms. The van der Waals surface area contributed by atoms with Crippen LogP contribution in [0.25, 0.3) is 0 Å². The minimum Gasteiger partial charge on any atom is -0.297 e. The quantitative estimate of drug-likeness (QED) is 0.714. The lowest BCUT2D eigenvalue weighted by Gasteiger charge is -2.23. The molecule has 0 atom stereocenters. The molecule has 0 aromatic carbocycles. The molecule has 0 fully saturated rings. The number of likely N-dealkylation sites (N-methyl/N-ethyl adjacent to an activating group) is 1. The molecule has 1 aliphatic heterocycles. The fourth-order valence-electron chi connectivity index (χ4n) is 1.91. The first kappa shape index (κ1) is 9.71. The normalized spacial score (nSPS) is 17.4. The van der Waals surface area contributed by atoms with Gasteiger partial charge in [-0.3, -0.25) is 9.58 Å². The Hall–Kier alpha value is -0.830. The zero-order chi connectivity index (χ0) is 10.1. The highest BCUT2D eigenvalue weighted by Crippen LogP contribution is 2.18. The van der Waals surface area contributed by atoms with E-state index in [9.17, 15) is 0 Å². The Labute approximate surface area is 85.7 Å². The molecular formula is C11H19N3. The summed E-state index contributed by atoms with van der Waals surface area (Å²) in [6.07, 6.45) is 3.38. The second kappa shape index (κ2) is 3.73. The molecule has 0 N–H and O–H groups in total. The highest BCUT2D eigenvalue weighted by atomic mass is 15.3. The molecule has 3 heteroatoms. The van der Waals surface area contributed by atoms with Gasteiger partial charge in [-0.05, 0) is 32.4 Å². The largest absolute Gasteiger partial charge is 0.297 e. The number of aromatic nitrogens is 2. The fourth-order valence-corrected chi connectivity index (χ4v) is 1.91. The second-order valence-electron chi connectivity index (χ2n) is 4.29. The molecule has 0 unspecified atom stereocenters. The van der Waals surface area contributed by atoms with E-state index in [1.54, 1.807) is 0 Å². The van der Waals surface area contributed by atoms with Gasteiger partial charge in [-0.15, -0.1) is 0 Å². The summed E-state index contributed by atoms with van der Waals surface area (Å²) in [7, 11) is 0. The van der Waals surface area contributed by atoms with Crippen LogP contribution in [-0.2, 0) is 13.0 Å². The van der Waals surface area contributed by atoms with Crippen LogP contribution in [0.3, 0.4) is 0 Å². The van der Waals surface area contributed by atoms with Crippen LogP contribution in [0, 0.1) is 0 Å². The molecule has 3 nitrogen and oxygen atoms in total. The zero-order valence-corrected chi connectivity index (χ0v) is 9.32. The Morgan fingerprint density at radius 3 is 2.93 bits per heavy atom. The SMILES string of the molecule is CCN1CCc2cn(C(C)C)nc2C1. The highest BCUT2D eigenvalue weighted by Gasteiger charge is 2.18. The molecular weight excluding hydrogens is 174 g/mol. The Bertz CT molecular complexity index is 314. The minimum absolute atomic E-state index is 0.482. The van der Waals surface area contributed by atoms with Crippen LogP contribution in [0.15, 0.2) is 6.20 Å². The van der Waals surface area contributed by atoms with Gasteiger partial charge >= 0.3 is 0 Å². The average molecular weight is 193 g/mol. The van der Waals surface area contributed by atoms with Crippen molar-refractivity contribution in [3.05, 3.63) is 17.5 Å². The monoisotopic (exact) mass is 193 g/mol. The Morgan fingerprint density at radius 2 is 2.29 bits per heavy atom. The highest BCUT2D eigenvalue weighted by molar-refractivity contribution is 5.20. The van der Waals surface area contributed by atoms with E-state index in [0.717, 1.165) is 19.5 Å². The summed E-state index contributed by atoms with van der Waals surface area (Å²) in [5.74, 6) is 0. The lowest BCUT2D eigenvalue weighted by molar-refractivity contribution is 0.264. The summed E-state index contributed by atoms with van der Waals surface area (Å²) in [5.41, 5.74) is 2.73. The van der Waals surface area contributed by atoms with Crippen molar-refractivity contribution in [1.82, 2.24) is 14.7 Å². The van der Waals surface area contributed by atoms with Crippen molar-refractivity contribution in [2.24, 2.45) is 0 Å². The van der Waals surface area contributed by atoms with E-state index < -0.39 is 0 Å². The molecule has 0 bridgehead atoms. The van der Waals surface area contributed by atoms with Crippen LogP contribution in [-0.4, -0.2) is 27.8 Å². The Balaban J connectivity index is 2.21. The van der Waals surface area contributed by atoms with Crippen molar-refractivity contribution in [2.75, 3.05) is 13.1 Å². The second-order valence-corrected chi connectivity index (χ2v) is 4.29. The molecule has 2 heterocycles. The van der Waals surface area contributed by atoms with Gasteiger partial charge in [-0.2, -0.15) is 5.10 Å². The molecule has 78 valence electrons. The van der Waals surface area contributed by atoms with Gasteiger partial charge in [0, 0.05) is 25.3 Å². The summed E-state index contributed by atoms with van der Waals surface area (Å²) in [6.45, 7) is 9.92. The van der Waals surface area contributed by atoms with Gasteiger partial charge < -0.3 is 0 Å². The summed E-state index contributed by atoms with van der Waals surface area (Å²) < 4.78 is 2.09. The first-order valence-electron chi connectivity index (χ1n) is 5.50. The standard InChI is InChI=1S/C11H19N3/c1-4-13-6-5-10-7-14(9(2)3)12-11(10)8-13/h7,9H,4-6,8H2,1-3H3. The van der Waals surface area contributed by atoms with E-state index >= 15 is 0 Å². The maximum Gasteiger partial charge on any atom is 0.0797 e. The molecule has 1 aliphatic rings. The smallest absolute Gasteiger partial charge is 0.0797 e. The number of hydrogen-bond acceptors (Lipinski definition) is 2. The summed E-state index contributed by atoms with van der Waals surface area (Å²) in [6, 6.07) is 0.482. The molecule has 0 saturated heterocycles. The van der Waals surface area contributed by atoms with Crippen LogP contribution in [0.2, 0.25) is 0 Å². The summed E-state index contributed by atoms with van der Waals surface area (Å²) in [4.78, 5) is 2.44. The first-order valence-corrected chi connectivity index (χ1v) is 5.50. The van der Waals surface area contributed by atoms with E-state index in [4.69, 9.17) is 0 Å². The van der Waals surface area contributed by atoms with Gasteiger partial charge in [0.05, 0.1) is 5.69 Å². The van der Waals surface area contributed by atoms with Gasteiger partial charge in [0.2, 0.25) is 0 Å². The van der Waals surface area contributed by atoms with Crippen LogP contribution < -0.4 is 0 Å². The van der Waals surface area contributed by atoms with E-state index in [1.165, 1.54) is 17.8 Å². The van der Waals surface area contributed by atoms with Gasteiger partial charge in [0.1, 0.15) is 0 Å². The summed E-state index contributed by atoms with van der Waals surface area (Å²) in [5, 5.41) is 4.62. The molecule has 0 saturated carbocycles. The number of fused-ring (bicyclic) bond motifs is 1. The average Bonchev–Trinajstić information content (AvgIpc) is 2.59.